The highest BCUT2D eigenvalue weighted by molar-refractivity contribution is 7.14. The first-order valence-electron chi connectivity index (χ1n) is 7.68. The predicted molar refractivity (Wildman–Crippen MR) is 90.0 cm³/mol. The molecule has 22 heavy (non-hydrogen) atoms. The van der Waals surface area contributed by atoms with Gasteiger partial charge >= 0.3 is 0 Å². The molecule has 0 saturated carbocycles. The molecule has 1 N–H and O–H groups in total. The van der Waals surface area contributed by atoms with Crippen molar-refractivity contribution in [1.82, 2.24) is 0 Å². The lowest BCUT2D eigenvalue weighted by molar-refractivity contribution is 0.101. The normalized spacial score (nSPS) is 14.0. The lowest BCUT2D eigenvalue weighted by atomic mass is 10.1. The Bertz CT molecular complexity index is 694. The molecule has 0 saturated heterocycles. The van der Waals surface area contributed by atoms with Gasteiger partial charge in [0.25, 0.3) is 5.91 Å². The number of carbonyl (C=O) groups is 2. The number of hydrogen-bond acceptors (Lipinski definition) is 3. The monoisotopic (exact) mass is 313 g/mol. The van der Waals surface area contributed by atoms with Crippen LogP contribution < -0.4 is 5.32 Å². The molecule has 0 bridgehead atoms. The summed E-state index contributed by atoms with van der Waals surface area (Å²) in [6.45, 7) is 1.51. The number of Topliss-reactive ketones (excluding diaryl/α,β-unsaturated/α-hetero) is 1. The average Bonchev–Trinajstić information content (AvgIpc) is 2.79. The van der Waals surface area contributed by atoms with Crippen LogP contribution in [0.25, 0.3) is 0 Å². The number of hydrogen-bond donors (Lipinski definition) is 1. The zero-order valence-electron chi connectivity index (χ0n) is 12.6. The van der Waals surface area contributed by atoms with Crippen LogP contribution >= 0.6 is 11.3 Å². The number of fused-ring (bicyclic) bond motifs is 1. The first-order chi connectivity index (χ1) is 10.6. The Hall–Kier alpha value is -1.94. The molecule has 0 fully saturated rings. The average molecular weight is 313 g/mol. The fraction of sp³-hybridized carbons (Fsp3) is 0.333. The fourth-order valence-electron chi connectivity index (χ4n) is 2.86. The Morgan fingerprint density at radius 1 is 1.09 bits per heavy atom. The van der Waals surface area contributed by atoms with Gasteiger partial charge in [-0.1, -0.05) is 18.6 Å². The zero-order chi connectivity index (χ0) is 15.5. The molecule has 0 unspecified atom stereocenters. The van der Waals surface area contributed by atoms with Gasteiger partial charge in [-0.15, -0.1) is 11.3 Å². The molecule has 0 radical (unpaired) electrons. The van der Waals surface area contributed by atoms with Crippen LogP contribution in [0.15, 0.2) is 30.3 Å². The molecule has 3 rings (SSSR count). The van der Waals surface area contributed by atoms with E-state index in [1.165, 1.54) is 36.6 Å². The number of benzene rings is 1. The Labute approximate surface area is 134 Å². The third kappa shape index (κ3) is 3.12. The molecule has 1 amide bonds. The van der Waals surface area contributed by atoms with Gasteiger partial charge in [0.2, 0.25) is 0 Å². The summed E-state index contributed by atoms with van der Waals surface area (Å²) < 4.78 is 0. The molecule has 1 aromatic heterocycles. The number of ketones is 1. The number of rotatable bonds is 3. The minimum Gasteiger partial charge on any atom is -0.321 e. The molecule has 1 aliphatic carbocycles. The molecule has 1 aliphatic rings. The predicted octanol–water partition coefficient (Wildman–Crippen LogP) is 4.47. The van der Waals surface area contributed by atoms with Gasteiger partial charge in [-0.3, -0.25) is 9.59 Å². The van der Waals surface area contributed by atoms with Crippen LogP contribution in [0.2, 0.25) is 0 Å². The smallest absolute Gasteiger partial charge is 0.265 e. The summed E-state index contributed by atoms with van der Waals surface area (Å²) in [5.74, 6) is -0.162. The Kier molecular flexibility index (Phi) is 4.39. The van der Waals surface area contributed by atoms with Crippen LogP contribution in [-0.4, -0.2) is 11.7 Å². The van der Waals surface area contributed by atoms with Crippen LogP contribution in [0.3, 0.4) is 0 Å². The van der Waals surface area contributed by atoms with E-state index in [0.29, 0.717) is 11.3 Å². The van der Waals surface area contributed by atoms with E-state index < -0.39 is 0 Å². The summed E-state index contributed by atoms with van der Waals surface area (Å²) in [5, 5.41) is 2.88. The highest BCUT2D eigenvalue weighted by atomic mass is 32.1. The van der Waals surface area contributed by atoms with Crippen LogP contribution in [0.4, 0.5) is 5.69 Å². The van der Waals surface area contributed by atoms with Gasteiger partial charge in [-0.2, -0.15) is 0 Å². The van der Waals surface area contributed by atoms with Gasteiger partial charge in [0.1, 0.15) is 0 Å². The maximum Gasteiger partial charge on any atom is 0.265 e. The van der Waals surface area contributed by atoms with Gasteiger partial charge in [-0.05, 0) is 56.4 Å². The summed E-state index contributed by atoms with van der Waals surface area (Å²) in [6.07, 6.45) is 5.84. The second-order valence-electron chi connectivity index (χ2n) is 5.68. The van der Waals surface area contributed by atoms with E-state index in [2.05, 4.69) is 5.32 Å². The van der Waals surface area contributed by atoms with Gasteiger partial charge in [0.05, 0.1) is 10.6 Å². The van der Waals surface area contributed by atoms with Crippen molar-refractivity contribution >= 4 is 28.7 Å². The Morgan fingerprint density at radius 3 is 2.68 bits per heavy atom. The first-order valence-corrected chi connectivity index (χ1v) is 8.49. The summed E-state index contributed by atoms with van der Waals surface area (Å²) >= 11 is 1.59. The van der Waals surface area contributed by atoms with Crippen LogP contribution in [0.1, 0.15) is 56.7 Å². The van der Waals surface area contributed by atoms with E-state index >= 15 is 0 Å². The number of anilines is 1. The van der Waals surface area contributed by atoms with Crippen LogP contribution in [0.5, 0.6) is 0 Å². The van der Waals surface area contributed by atoms with Crippen molar-refractivity contribution in [3.8, 4) is 0 Å². The van der Waals surface area contributed by atoms with Gasteiger partial charge in [-0.25, -0.2) is 0 Å². The first kappa shape index (κ1) is 15.0. The highest BCUT2D eigenvalue weighted by Crippen LogP contribution is 2.29. The molecule has 1 heterocycles. The maximum absolute atomic E-state index is 12.5. The molecular formula is C18H19NO2S. The lowest BCUT2D eigenvalue weighted by Crippen LogP contribution is -2.13. The fourth-order valence-corrected chi connectivity index (χ4v) is 4.01. The molecule has 1 aromatic carbocycles. The summed E-state index contributed by atoms with van der Waals surface area (Å²) in [5.41, 5.74) is 2.46. The molecule has 0 spiro atoms. The second kappa shape index (κ2) is 6.44. The van der Waals surface area contributed by atoms with Gasteiger partial charge < -0.3 is 5.32 Å². The third-order valence-corrected chi connectivity index (χ3v) is 5.26. The van der Waals surface area contributed by atoms with Gasteiger partial charge in [0, 0.05) is 10.4 Å². The SMILES string of the molecule is CC(=O)c1ccccc1NC(=O)c1cc2c(s1)CCCCC2. The molecule has 0 atom stereocenters. The number of thiophene rings is 1. The topological polar surface area (TPSA) is 46.2 Å². The van der Waals surface area contributed by atoms with E-state index in [1.807, 2.05) is 12.1 Å². The minimum absolute atomic E-state index is 0.0436. The lowest BCUT2D eigenvalue weighted by Gasteiger charge is -2.07. The van der Waals surface area contributed by atoms with Crippen LogP contribution in [0, 0.1) is 0 Å². The van der Waals surface area contributed by atoms with E-state index in [-0.39, 0.29) is 11.7 Å². The number of aryl methyl sites for hydroxylation is 2. The van der Waals surface area contributed by atoms with Crippen molar-refractivity contribution in [3.05, 3.63) is 51.2 Å². The van der Waals surface area contributed by atoms with Crippen molar-refractivity contribution in [2.45, 2.75) is 39.0 Å². The van der Waals surface area contributed by atoms with E-state index in [4.69, 9.17) is 0 Å². The van der Waals surface area contributed by atoms with E-state index in [0.717, 1.165) is 17.7 Å². The molecule has 2 aromatic rings. The number of para-hydroxylation sites is 1. The van der Waals surface area contributed by atoms with Crippen molar-refractivity contribution in [2.75, 3.05) is 5.32 Å². The molecule has 114 valence electrons. The van der Waals surface area contributed by atoms with E-state index in [9.17, 15) is 9.59 Å². The quantitative estimate of drug-likeness (QED) is 0.671. The summed E-state index contributed by atoms with van der Waals surface area (Å²) in [7, 11) is 0. The minimum atomic E-state index is -0.119. The van der Waals surface area contributed by atoms with Crippen LogP contribution in [-0.2, 0) is 12.8 Å². The summed E-state index contributed by atoms with van der Waals surface area (Å²) in [4.78, 5) is 26.2. The van der Waals surface area contributed by atoms with Crippen molar-refractivity contribution < 1.29 is 9.59 Å². The number of carbonyl (C=O) groups excluding carboxylic acids is 2. The molecule has 4 heteroatoms. The van der Waals surface area contributed by atoms with Gasteiger partial charge in [0.15, 0.2) is 5.78 Å². The maximum atomic E-state index is 12.5. The van der Waals surface area contributed by atoms with Crippen molar-refractivity contribution in [3.63, 3.8) is 0 Å². The molecular weight excluding hydrogens is 294 g/mol. The molecule has 3 nitrogen and oxygen atoms in total. The van der Waals surface area contributed by atoms with Crippen molar-refractivity contribution in [1.29, 1.82) is 0 Å². The highest BCUT2D eigenvalue weighted by Gasteiger charge is 2.17. The second-order valence-corrected chi connectivity index (χ2v) is 6.81. The number of amides is 1. The molecule has 0 aliphatic heterocycles. The standard InChI is InChI=1S/C18H19NO2S/c1-12(20)14-8-5-6-9-15(14)19-18(21)17-11-13-7-3-2-4-10-16(13)22-17/h5-6,8-9,11H,2-4,7,10H2,1H3,(H,19,21). The Balaban J connectivity index is 1.82. The zero-order valence-corrected chi connectivity index (χ0v) is 13.5. The third-order valence-electron chi connectivity index (χ3n) is 4.02. The summed E-state index contributed by atoms with van der Waals surface area (Å²) in [6, 6.07) is 9.16. The van der Waals surface area contributed by atoms with Crippen molar-refractivity contribution in [2.24, 2.45) is 0 Å². The van der Waals surface area contributed by atoms with E-state index in [1.54, 1.807) is 29.5 Å². The number of nitrogens with one attached hydrogen (secondary N) is 1. The Morgan fingerprint density at radius 2 is 1.86 bits per heavy atom. The largest absolute Gasteiger partial charge is 0.321 e.